The molecule has 2 rings (SSSR count). The Balaban J connectivity index is 2.14. The molecule has 0 bridgehead atoms. The first-order chi connectivity index (χ1) is 6.75. The van der Waals surface area contributed by atoms with Gasteiger partial charge < -0.3 is 5.73 Å². The van der Waals surface area contributed by atoms with Gasteiger partial charge in [0.1, 0.15) is 5.84 Å². The van der Waals surface area contributed by atoms with Crippen LogP contribution in [0.1, 0.15) is 24.0 Å². The van der Waals surface area contributed by atoms with Gasteiger partial charge in [0.25, 0.3) is 0 Å². The molecule has 1 aliphatic rings. The fourth-order valence-corrected chi connectivity index (χ4v) is 1.15. The highest BCUT2D eigenvalue weighted by Crippen LogP contribution is 2.27. The number of hydrogen-bond acceptors (Lipinski definition) is 1. The van der Waals surface area contributed by atoms with Crippen LogP contribution in [0.3, 0.4) is 0 Å². The number of benzene rings is 1. The molecule has 1 aliphatic carbocycles. The predicted octanol–water partition coefficient (Wildman–Crippen LogP) is 1.73. The van der Waals surface area contributed by atoms with E-state index in [2.05, 4.69) is 11.8 Å². The second-order valence-electron chi connectivity index (χ2n) is 3.53. The first-order valence-corrected chi connectivity index (χ1v) is 4.72. The van der Waals surface area contributed by atoms with Gasteiger partial charge in [-0.1, -0.05) is 24.0 Å². The third-order valence-corrected chi connectivity index (χ3v) is 2.19. The molecule has 1 aromatic rings. The van der Waals surface area contributed by atoms with E-state index in [0.29, 0.717) is 5.92 Å². The summed E-state index contributed by atoms with van der Waals surface area (Å²) in [6.45, 7) is 0. The molecule has 2 nitrogen and oxygen atoms in total. The number of hydrogen-bond donors (Lipinski definition) is 2. The van der Waals surface area contributed by atoms with Crippen molar-refractivity contribution in [2.24, 2.45) is 11.7 Å². The summed E-state index contributed by atoms with van der Waals surface area (Å²) in [5.74, 6) is 7.03. The van der Waals surface area contributed by atoms with E-state index in [1.54, 1.807) is 0 Å². The number of rotatable bonds is 1. The number of nitrogens with two attached hydrogens (primary N) is 1. The number of nitrogens with one attached hydrogen (secondary N) is 1. The molecule has 1 saturated carbocycles. The van der Waals surface area contributed by atoms with Crippen LogP contribution in [0.4, 0.5) is 0 Å². The molecule has 1 aromatic carbocycles. The molecule has 0 atom stereocenters. The normalized spacial score (nSPS) is 14.3. The van der Waals surface area contributed by atoms with E-state index in [1.807, 2.05) is 24.3 Å². The van der Waals surface area contributed by atoms with Crippen LogP contribution in [0.2, 0.25) is 0 Å². The molecular weight excluding hydrogens is 172 g/mol. The third kappa shape index (κ3) is 2.14. The van der Waals surface area contributed by atoms with Gasteiger partial charge in [0.2, 0.25) is 0 Å². The topological polar surface area (TPSA) is 49.9 Å². The van der Waals surface area contributed by atoms with Crippen molar-refractivity contribution in [3.63, 3.8) is 0 Å². The van der Waals surface area contributed by atoms with Gasteiger partial charge in [-0.05, 0) is 25.0 Å². The lowest BCUT2D eigenvalue weighted by Crippen LogP contribution is -2.10. The van der Waals surface area contributed by atoms with Crippen molar-refractivity contribution in [3.8, 4) is 11.8 Å². The average molecular weight is 184 g/mol. The van der Waals surface area contributed by atoms with Crippen molar-refractivity contribution >= 4 is 5.84 Å². The van der Waals surface area contributed by atoms with Crippen molar-refractivity contribution < 1.29 is 0 Å². The molecule has 0 heterocycles. The quantitative estimate of drug-likeness (QED) is 0.390. The lowest BCUT2D eigenvalue weighted by Gasteiger charge is -1.96. The molecular formula is C12H12N2. The smallest absolute Gasteiger partial charge is 0.122 e. The van der Waals surface area contributed by atoms with Gasteiger partial charge in [-0.3, -0.25) is 5.41 Å². The van der Waals surface area contributed by atoms with Crippen LogP contribution in [0.15, 0.2) is 24.3 Å². The number of nitrogen functional groups attached to an aromatic ring is 1. The minimum Gasteiger partial charge on any atom is -0.384 e. The van der Waals surface area contributed by atoms with Crippen LogP contribution in [-0.2, 0) is 0 Å². The van der Waals surface area contributed by atoms with Crippen LogP contribution in [-0.4, -0.2) is 5.84 Å². The second-order valence-corrected chi connectivity index (χ2v) is 3.53. The van der Waals surface area contributed by atoms with Gasteiger partial charge in [-0.25, -0.2) is 0 Å². The second kappa shape index (κ2) is 3.55. The molecule has 70 valence electrons. The summed E-state index contributed by atoms with van der Waals surface area (Å²) in [6, 6.07) is 7.48. The van der Waals surface area contributed by atoms with Gasteiger partial charge in [0, 0.05) is 17.0 Å². The zero-order chi connectivity index (χ0) is 9.97. The Labute approximate surface area is 83.6 Å². The summed E-state index contributed by atoms with van der Waals surface area (Å²) < 4.78 is 0. The number of amidine groups is 1. The van der Waals surface area contributed by atoms with Gasteiger partial charge in [-0.15, -0.1) is 0 Å². The van der Waals surface area contributed by atoms with Gasteiger partial charge >= 0.3 is 0 Å². The van der Waals surface area contributed by atoms with Crippen molar-refractivity contribution in [3.05, 3.63) is 35.4 Å². The fraction of sp³-hybridized carbons (Fsp3) is 0.250. The molecule has 0 aromatic heterocycles. The van der Waals surface area contributed by atoms with Crippen molar-refractivity contribution in [2.45, 2.75) is 12.8 Å². The van der Waals surface area contributed by atoms with E-state index in [1.165, 1.54) is 12.8 Å². The Morgan fingerprint density at radius 2 is 1.93 bits per heavy atom. The predicted molar refractivity (Wildman–Crippen MR) is 57.1 cm³/mol. The zero-order valence-electron chi connectivity index (χ0n) is 7.88. The van der Waals surface area contributed by atoms with Crippen molar-refractivity contribution in [2.75, 3.05) is 0 Å². The summed E-state index contributed by atoms with van der Waals surface area (Å²) in [6.07, 6.45) is 2.50. The Morgan fingerprint density at radius 1 is 1.29 bits per heavy atom. The van der Waals surface area contributed by atoms with Crippen LogP contribution in [0.5, 0.6) is 0 Å². The molecule has 2 heteroatoms. The van der Waals surface area contributed by atoms with Crippen molar-refractivity contribution in [1.82, 2.24) is 0 Å². The highest BCUT2D eigenvalue weighted by Gasteiger charge is 2.17. The summed E-state index contributed by atoms with van der Waals surface area (Å²) in [5, 5.41) is 7.23. The van der Waals surface area contributed by atoms with Crippen LogP contribution < -0.4 is 5.73 Å². The molecule has 0 unspecified atom stereocenters. The Kier molecular flexibility index (Phi) is 2.24. The maximum atomic E-state index is 7.23. The lowest BCUT2D eigenvalue weighted by atomic mass is 10.1. The summed E-state index contributed by atoms with van der Waals surface area (Å²) in [5.41, 5.74) is 7.10. The molecule has 0 spiro atoms. The first kappa shape index (κ1) is 8.83. The van der Waals surface area contributed by atoms with E-state index >= 15 is 0 Å². The minimum absolute atomic E-state index is 0.103. The van der Waals surface area contributed by atoms with E-state index in [0.717, 1.165) is 11.1 Å². The highest BCUT2D eigenvalue weighted by atomic mass is 14.7. The monoisotopic (exact) mass is 184 g/mol. The van der Waals surface area contributed by atoms with Gasteiger partial charge in [-0.2, -0.15) is 0 Å². The standard InChI is InChI=1S/C12H12N2/c13-12(14)11-7-5-10(6-8-11)4-3-9-1-2-9/h5-9H,1-2H2,(H3,13,14). The molecule has 1 fully saturated rings. The van der Waals surface area contributed by atoms with E-state index in [4.69, 9.17) is 11.1 Å². The molecule has 0 saturated heterocycles. The Bertz CT molecular complexity index is 402. The van der Waals surface area contributed by atoms with E-state index in [-0.39, 0.29) is 5.84 Å². The summed E-state index contributed by atoms with van der Waals surface area (Å²) in [7, 11) is 0. The maximum Gasteiger partial charge on any atom is 0.122 e. The summed E-state index contributed by atoms with van der Waals surface area (Å²) >= 11 is 0. The molecule has 0 aliphatic heterocycles. The summed E-state index contributed by atoms with van der Waals surface area (Å²) in [4.78, 5) is 0. The van der Waals surface area contributed by atoms with Crippen LogP contribution in [0, 0.1) is 23.2 Å². The fourth-order valence-electron chi connectivity index (χ4n) is 1.15. The van der Waals surface area contributed by atoms with Crippen LogP contribution >= 0.6 is 0 Å². The Morgan fingerprint density at radius 3 is 2.43 bits per heavy atom. The SMILES string of the molecule is N=C(N)c1ccc(C#CC2CC2)cc1. The Hall–Kier alpha value is -1.75. The van der Waals surface area contributed by atoms with E-state index < -0.39 is 0 Å². The van der Waals surface area contributed by atoms with Crippen LogP contribution in [0.25, 0.3) is 0 Å². The van der Waals surface area contributed by atoms with E-state index in [9.17, 15) is 0 Å². The molecule has 14 heavy (non-hydrogen) atoms. The van der Waals surface area contributed by atoms with Gasteiger partial charge in [0.05, 0.1) is 0 Å². The molecule has 3 N–H and O–H groups in total. The minimum atomic E-state index is 0.103. The average Bonchev–Trinajstić information content (AvgIpc) is 2.99. The lowest BCUT2D eigenvalue weighted by molar-refractivity contribution is 1.18. The third-order valence-electron chi connectivity index (χ3n) is 2.19. The van der Waals surface area contributed by atoms with Gasteiger partial charge in [0.15, 0.2) is 0 Å². The largest absolute Gasteiger partial charge is 0.384 e. The maximum absolute atomic E-state index is 7.23. The zero-order valence-corrected chi connectivity index (χ0v) is 7.88. The molecule has 0 radical (unpaired) electrons. The van der Waals surface area contributed by atoms with Crippen molar-refractivity contribution in [1.29, 1.82) is 5.41 Å². The highest BCUT2D eigenvalue weighted by molar-refractivity contribution is 5.94. The molecule has 0 amide bonds. The first-order valence-electron chi connectivity index (χ1n) is 4.72.